The zero-order chi connectivity index (χ0) is 16.4. The van der Waals surface area contributed by atoms with Gasteiger partial charge in [0.1, 0.15) is 5.01 Å². The highest BCUT2D eigenvalue weighted by Crippen LogP contribution is 2.26. The molecule has 1 N–H and O–H groups in total. The van der Waals surface area contributed by atoms with Crippen LogP contribution >= 0.6 is 22.7 Å². The minimum atomic E-state index is -0.180. The number of carbonyl (C=O) groups excluding carboxylic acids is 2. The van der Waals surface area contributed by atoms with Gasteiger partial charge in [-0.05, 0) is 6.42 Å². The third-order valence-electron chi connectivity index (χ3n) is 3.37. The van der Waals surface area contributed by atoms with E-state index in [0.717, 1.165) is 11.4 Å². The van der Waals surface area contributed by atoms with Crippen LogP contribution in [-0.2, 0) is 16.0 Å². The number of hydrogen-bond acceptors (Lipinski definition) is 7. The first-order chi connectivity index (χ1) is 11.0. The molecule has 1 aliphatic rings. The van der Waals surface area contributed by atoms with Crippen LogP contribution in [0.5, 0.6) is 0 Å². The summed E-state index contributed by atoms with van der Waals surface area (Å²) >= 11 is 2.78. The topological polar surface area (TPSA) is 88.1 Å². The largest absolute Gasteiger partial charge is 0.300 e. The van der Waals surface area contributed by atoms with E-state index in [0.29, 0.717) is 28.9 Å². The summed E-state index contributed by atoms with van der Waals surface area (Å²) in [7, 11) is 0. The molecule has 2 aromatic heterocycles. The Hall–Kier alpha value is -1.87. The summed E-state index contributed by atoms with van der Waals surface area (Å²) in [5.41, 5.74) is 0.663. The summed E-state index contributed by atoms with van der Waals surface area (Å²) in [6.45, 7) is 4.77. The lowest BCUT2D eigenvalue weighted by Gasteiger charge is -2.10. The molecule has 0 unspecified atom stereocenters. The van der Waals surface area contributed by atoms with Crippen LogP contribution in [0.4, 0.5) is 10.3 Å². The number of rotatable bonds is 5. The molecule has 0 saturated carbocycles. The van der Waals surface area contributed by atoms with E-state index in [9.17, 15) is 9.59 Å². The Bertz CT molecular complexity index is 724. The fraction of sp³-hybridized carbons (Fsp3) is 0.500. The molecule has 9 heteroatoms. The van der Waals surface area contributed by atoms with E-state index in [1.54, 1.807) is 4.90 Å². The molecule has 1 aliphatic heterocycles. The van der Waals surface area contributed by atoms with Gasteiger partial charge in [0.05, 0.1) is 12.1 Å². The zero-order valence-electron chi connectivity index (χ0n) is 12.9. The van der Waals surface area contributed by atoms with E-state index in [2.05, 4.69) is 20.5 Å². The molecule has 3 rings (SSSR count). The highest BCUT2D eigenvalue weighted by atomic mass is 32.1. The van der Waals surface area contributed by atoms with Crippen LogP contribution in [0.3, 0.4) is 0 Å². The van der Waals surface area contributed by atoms with Crippen molar-refractivity contribution in [2.75, 3.05) is 16.8 Å². The Morgan fingerprint density at radius 2 is 2.26 bits per heavy atom. The van der Waals surface area contributed by atoms with Crippen molar-refractivity contribution in [2.24, 2.45) is 0 Å². The molecule has 0 aliphatic carbocycles. The Balaban J connectivity index is 1.59. The van der Waals surface area contributed by atoms with E-state index in [4.69, 9.17) is 0 Å². The van der Waals surface area contributed by atoms with Gasteiger partial charge in [-0.25, -0.2) is 4.98 Å². The van der Waals surface area contributed by atoms with Crippen LogP contribution in [0.2, 0.25) is 0 Å². The van der Waals surface area contributed by atoms with Crippen LogP contribution in [0.1, 0.15) is 43.3 Å². The van der Waals surface area contributed by atoms with Gasteiger partial charge < -0.3 is 5.32 Å². The summed E-state index contributed by atoms with van der Waals surface area (Å²) in [4.78, 5) is 29.8. The van der Waals surface area contributed by atoms with Crippen LogP contribution in [0.15, 0.2) is 5.38 Å². The summed E-state index contributed by atoms with van der Waals surface area (Å²) in [5, 5.41) is 14.6. The number of nitrogens with zero attached hydrogens (tertiary/aromatic N) is 4. The van der Waals surface area contributed by atoms with Crippen LogP contribution in [0, 0.1) is 0 Å². The fourth-order valence-electron chi connectivity index (χ4n) is 2.20. The maximum Gasteiger partial charge on any atom is 0.232 e. The third kappa shape index (κ3) is 3.73. The number of hydrogen-bond donors (Lipinski definition) is 1. The number of carbonyl (C=O) groups is 2. The van der Waals surface area contributed by atoms with Crippen LogP contribution < -0.4 is 10.2 Å². The summed E-state index contributed by atoms with van der Waals surface area (Å²) in [6, 6.07) is 0. The number of amides is 2. The van der Waals surface area contributed by atoms with E-state index in [-0.39, 0.29) is 24.2 Å². The molecule has 0 radical (unpaired) electrons. The van der Waals surface area contributed by atoms with Crippen LogP contribution in [0.25, 0.3) is 0 Å². The molecule has 23 heavy (non-hydrogen) atoms. The molecule has 2 amide bonds. The molecular weight excluding hydrogens is 334 g/mol. The molecule has 1 saturated heterocycles. The summed E-state index contributed by atoms with van der Waals surface area (Å²) < 4.78 is 0. The maximum atomic E-state index is 12.1. The Labute approximate surface area is 141 Å². The van der Waals surface area contributed by atoms with Gasteiger partial charge in [-0.15, -0.1) is 21.5 Å². The third-order valence-corrected chi connectivity index (χ3v) is 5.42. The van der Waals surface area contributed by atoms with Crippen molar-refractivity contribution in [2.45, 2.75) is 39.0 Å². The lowest BCUT2D eigenvalue weighted by molar-refractivity contribution is -0.117. The number of thiazole rings is 1. The van der Waals surface area contributed by atoms with Gasteiger partial charge in [-0.3, -0.25) is 14.5 Å². The molecule has 0 spiro atoms. The first-order valence-corrected chi connectivity index (χ1v) is 9.10. The molecule has 2 aromatic rings. The monoisotopic (exact) mass is 351 g/mol. The quantitative estimate of drug-likeness (QED) is 0.894. The van der Waals surface area contributed by atoms with Crippen LogP contribution in [-0.4, -0.2) is 33.5 Å². The summed E-state index contributed by atoms with van der Waals surface area (Å²) in [5.74, 6) is 0.212. The highest BCUT2D eigenvalue weighted by molar-refractivity contribution is 7.15. The molecule has 0 bridgehead atoms. The molecule has 122 valence electrons. The number of aromatic nitrogens is 3. The summed E-state index contributed by atoms with van der Waals surface area (Å²) in [6.07, 6.45) is 1.60. The van der Waals surface area contributed by atoms with Gasteiger partial charge in [-0.2, -0.15) is 0 Å². The maximum absolute atomic E-state index is 12.1. The Kier molecular flexibility index (Phi) is 4.67. The lowest BCUT2D eigenvalue weighted by Crippen LogP contribution is -2.23. The molecule has 3 heterocycles. The molecule has 0 aromatic carbocycles. The molecule has 7 nitrogen and oxygen atoms in total. The first-order valence-electron chi connectivity index (χ1n) is 7.41. The molecule has 1 fully saturated rings. The SMILES string of the molecule is CC(C)c1nnc(NC(=O)Cc2csc(N3CCCC3=O)n2)s1. The Morgan fingerprint density at radius 3 is 2.91 bits per heavy atom. The zero-order valence-corrected chi connectivity index (χ0v) is 14.5. The Morgan fingerprint density at radius 1 is 1.43 bits per heavy atom. The normalized spacial score (nSPS) is 14.7. The lowest BCUT2D eigenvalue weighted by atomic mass is 10.2. The van der Waals surface area contributed by atoms with Crippen molar-refractivity contribution in [1.82, 2.24) is 15.2 Å². The predicted octanol–water partition coefficient (Wildman–Crippen LogP) is 2.43. The van der Waals surface area contributed by atoms with Crippen molar-refractivity contribution in [3.8, 4) is 0 Å². The van der Waals surface area contributed by atoms with Gasteiger partial charge in [0.15, 0.2) is 5.13 Å². The van der Waals surface area contributed by atoms with Gasteiger partial charge in [-0.1, -0.05) is 25.2 Å². The minimum absolute atomic E-state index is 0.102. The average molecular weight is 351 g/mol. The molecular formula is C14H17N5O2S2. The highest BCUT2D eigenvalue weighted by Gasteiger charge is 2.24. The minimum Gasteiger partial charge on any atom is -0.300 e. The van der Waals surface area contributed by atoms with E-state index < -0.39 is 0 Å². The standard InChI is InChI=1S/C14H17N5O2S2/c1-8(2)12-17-18-13(23-12)16-10(20)6-9-7-22-14(15-9)19-5-3-4-11(19)21/h7-8H,3-6H2,1-2H3,(H,16,18,20). The molecule has 0 atom stereocenters. The number of anilines is 2. The van der Waals surface area contributed by atoms with Crippen molar-refractivity contribution < 1.29 is 9.59 Å². The van der Waals surface area contributed by atoms with Gasteiger partial charge in [0.2, 0.25) is 16.9 Å². The average Bonchev–Trinajstić information content (AvgIpc) is 3.19. The van der Waals surface area contributed by atoms with Crippen molar-refractivity contribution in [3.63, 3.8) is 0 Å². The second-order valence-electron chi connectivity index (χ2n) is 5.60. The predicted molar refractivity (Wildman–Crippen MR) is 90.0 cm³/mol. The van der Waals surface area contributed by atoms with Crippen molar-refractivity contribution >= 4 is 44.8 Å². The van der Waals surface area contributed by atoms with E-state index in [1.165, 1.54) is 22.7 Å². The first kappa shape index (κ1) is 16.0. The second kappa shape index (κ2) is 6.71. The van der Waals surface area contributed by atoms with E-state index in [1.807, 2.05) is 19.2 Å². The van der Waals surface area contributed by atoms with Crippen molar-refractivity contribution in [3.05, 3.63) is 16.1 Å². The van der Waals surface area contributed by atoms with Gasteiger partial charge in [0.25, 0.3) is 0 Å². The second-order valence-corrected chi connectivity index (χ2v) is 7.44. The smallest absolute Gasteiger partial charge is 0.232 e. The van der Waals surface area contributed by atoms with Gasteiger partial charge in [0, 0.05) is 24.3 Å². The van der Waals surface area contributed by atoms with E-state index >= 15 is 0 Å². The van der Waals surface area contributed by atoms with Crippen molar-refractivity contribution in [1.29, 1.82) is 0 Å². The number of nitrogens with one attached hydrogen (secondary N) is 1. The van der Waals surface area contributed by atoms with Gasteiger partial charge >= 0.3 is 0 Å². The fourth-order valence-corrected chi connectivity index (χ4v) is 3.83.